The predicted molar refractivity (Wildman–Crippen MR) is 117 cm³/mol. The van der Waals surface area contributed by atoms with Crippen LogP contribution in [0, 0.1) is 11.8 Å². The molecule has 4 saturated heterocycles. The van der Waals surface area contributed by atoms with Crippen LogP contribution >= 0.6 is 23.2 Å². The highest BCUT2D eigenvalue weighted by molar-refractivity contribution is 6.42. The van der Waals surface area contributed by atoms with Crippen LogP contribution < -0.4 is 0 Å². The van der Waals surface area contributed by atoms with E-state index in [0.717, 1.165) is 36.1 Å². The minimum absolute atomic E-state index is 0.0192. The quantitative estimate of drug-likeness (QED) is 0.588. The van der Waals surface area contributed by atoms with Gasteiger partial charge in [-0.2, -0.15) is 0 Å². The normalized spacial score (nSPS) is 31.3. The molecule has 5 unspecified atom stereocenters. The molecule has 0 amide bonds. The number of fused-ring (bicyclic) bond motifs is 1. The molecule has 3 nitrogen and oxygen atoms in total. The molecule has 4 fully saturated rings. The van der Waals surface area contributed by atoms with Crippen molar-refractivity contribution < 1.29 is 9.53 Å². The SMILES string of the molecule is COC(=O)C1C2CC3CCC1N3CC2=Cc1ccc(-c2ccc(Cl)c(Cl)c2)cc1. The Morgan fingerprint density at radius 1 is 1.07 bits per heavy atom. The fraction of sp³-hybridized carbons (Fsp3) is 0.375. The average molecular weight is 428 g/mol. The lowest BCUT2D eigenvalue weighted by Gasteiger charge is -2.50. The van der Waals surface area contributed by atoms with Gasteiger partial charge in [-0.15, -0.1) is 0 Å². The van der Waals surface area contributed by atoms with E-state index in [1.165, 1.54) is 19.1 Å². The van der Waals surface area contributed by atoms with E-state index in [0.29, 0.717) is 28.0 Å². The van der Waals surface area contributed by atoms with Gasteiger partial charge in [-0.05, 0) is 54.0 Å². The van der Waals surface area contributed by atoms with Gasteiger partial charge >= 0.3 is 5.97 Å². The largest absolute Gasteiger partial charge is 0.469 e. The van der Waals surface area contributed by atoms with Gasteiger partial charge in [-0.3, -0.25) is 9.69 Å². The Balaban J connectivity index is 1.42. The van der Waals surface area contributed by atoms with Crippen molar-refractivity contribution in [3.8, 4) is 11.1 Å². The molecule has 0 aliphatic carbocycles. The van der Waals surface area contributed by atoms with Crippen molar-refractivity contribution in [1.29, 1.82) is 0 Å². The molecule has 2 aromatic carbocycles. The lowest BCUT2D eigenvalue weighted by molar-refractivity contribution is -0.153. The first-order valence-corrected chi connectivity index (χ1v) is 10.9. The standard InChI is InChI=1S/C24H23Cl2NO2/c1-29-24(28)23-19-12-18-7-9-22(23)27(18)13-17(19)10-14-2-4-15(5-3-14)16-6-8-20(25)21(26)11-16/h2-6,8,10-11,18-19,22-23H,7,9,12-13H2,1H3. The van der Waals surface area contributed by atoms with Crippen LogP contribution in [-0.4, -0.2) is 36.6 Å². The smallest absolute Gasteiger partial charge is 0.310 e. The minimum atomic E-state index is -0.0501. The Kier molecular flexibility index (Phi) is 4.93. The number of carbonyl (C=O) groups excluding carboxylic acids is 1. The highest BCUT2D eigenvalue weighted by Crippen LogP contribution is 2.50. The summed E-state index contributed by atoms with van der Waals surface area (Å²) in [6.07, 6.45) is 5.67. The first kappa shape index (κ1) is 19.2. The van der Waals surface area contributed by atoms with Crippen LogP contribution in [0.3, 0.4) is 0 Å². The van der Waals surface area contributed by atoms with Crippen LogP contribution in [0.1, 0.15) is 24.8 Å². The van der Waals surface area contributed by atoms with E-state index >= 15 is 0 Å². The summed E-state index contributed by atoms with van der Waals surface area (Å²) in [4.78, 5) is 15.0. The molecular weight excluding hydrogens is 405 g/mol. The molecule has 0 radical (unpaired) electrons. The number of esters is 1. The third kappa shape index (κ3) is 3.30. The second-order valence-electron chi connectivity index (χ2n) is 8.33. The summed E-state index contributed by atoms with van der Waals surface area (Å²) < 4.78 is 5.16. The van der Waals surface area contributed by atoms with Crippen LogP contribution in [0.2, 0.25) is 10.0 Å². The molecule has 4 bridgehead atoms. The van der Waals surface area contributed by atoms with Crippen molar-refractivity contribution >= 4 is 35.2 Å². The molecule has 5 heteroatoms. The van der Waals surface area contributed by atoms with Crippen molar-refractivity contribution in [2.24, 2.45) is 11.8 Å². The van der Waals surface area contributed by atoms with Crippen LogP contribution in [0.25, 0.3) is 17.2 Å². The molecule has 4 aliphatic heterocycles. The van der Waals surface area contributed by atoms with E-state index in [1.54, 1.807) is 0 Å². The Bertz CT molecular complexity index is 985. The van der Waals surface area contributed by atoms with Crippen LogP contribution in [0.4, 0.5) is 0 Å². The van der Waals surface area contributed by atoms with Gasteiger partial charge in [0.25, 0.3) is 0 Å². The number of ether oxygens (including phenoxy) is 1. The third-order valence-corrected chi connectivity index (χ3v) is 7.63. The van der Waals surface area contributed by atoms with Crippen molar-refractivity contribution in [2.45, 2.75) is 31.3 Å². The topological polar surface area (TPSA) is 29.5 Å². The fourth-order valence-electron chi connectivity index (χ4n) is 5.54. The minimum Gasteiger partial charge on any atom is -0.469 e. The van der Waals surface area contributed by atoms with Gasteiger partial charge in [-0.25, -0.2) is 0 Å². The lowest BCUT2D eigenvalue weighted by atomic mass is 9.71. The molecule has 150 valence electrons. The molecule has 0 saturated carbocycles. The molecular formula is C24H23Cl2NO2. The number of nitrogens with zero attached hydrogens (tertiary/aromatic N) is 1. The fourth-order valence-corrected chi connectivity index (χ4v) is 5.84. The van der Waals surface area contributed by atoms with E-state index in [2.05, 4.69) is 35.2 Å². The molecule has 4 aliphatic rings. The highest BCUT2D eigenvalue weighted by Gasteiger charge is 2.55. The zero-order chi connectivity index (χ0) is 20.1. The summed E-state index contributed by atoms with van der Waals surface area (Å²) >= 11 is 12.2. The van der Waals surface area contributed by atoms with Crippen LogP contribution in [0.15, 0.2) is 48.0 Å². The number of hydrogen-bond donors (Lipinski definition) is 0. The van der Waals surface area contributed by atoms with Gasteiger partial charge < -0.3 is 4.74 Å². The van der Waals surface area contributed by atoms with Crippen molar-refractivity contribution in [3.05, 3.63) is 63.6 Å². The summed E-state index contributed by atoms with van der Waals surface area (Å²) in [6.45, 7) is 0.974. The van der Waals surface area contributed by atoms with Crippen LogP contribution in [-0.2, 0) is 9.53 Å². The molecule has 0 N–H and O–H groups in total. The summed E-state index contributed by atoms with van der Waals surface area (Å²) in [7, 11) is 1.51. The summed E-state index contributed by atoms with van der Waals surface area (Å²) in [6, 6.07) is 15.2. The first-order chi connectivity index (χ1) is 14.0. The zero-order valence-electron chi connectivity index (χ0n) is 16.3. The molecule has 5 atom stereocenters. The number of rotatable bonds is 3. The highest BCUT2D eigenvalue weighted by atomic mass is 35.5. The molecule has 0 spiro atoms. The molecule has 2 aromatic rings. The monoisotopic (exact) mass is 427 g/mol. The van der Waals surface area contributed by atoms with Gasteiger partial charge in [0.2, 0.25) is 0 Å². The number of hydrogen-bond acceptors (Lipinski definition) is 3. The third-order valence-electron chi connectivity index (χ3n) is 6.90. The molecule has 29 heavy (non-hydrogen) atoms. The average Bonchev–Trinajstić information content (AvgIpc) is 3.04. The number of halogens is 2. The van der Waals surface area contributed by atoms with Crippen molar-refractivity contribution in [1.82, 2.24) is 4.90 Å². The van der Waals surface area contributed by atoms with E-state index < -0.39 is 0 Å². The molecule has 0 aromatic heterocycles. The summed E-state index contributed by atoms with van der Waals surface area (Å²) in [5, 5.41) is 1.12. The maximum absolute atomic E-state index is 12.5. The maximum atomic E-state index is 12.5. The van der Waals surface area contributed by atoms with E-state index in [-0.39, 0.29) is 11.9 Å². The lowest BCUT2D eigenvalue weighted by Crippen LogP contribution is -2.58. The molecule has 6 rings (SSSR count). The Morgan fingerprint density at radius 2 is 1.83 bits per heavy atom. The predicted octanol–water partition coefficient (Wildman–Crippen LogP) is 5.70. The van der Waals surface area contributed by atoms with E-state index in [9.17, 15) is 4.79 Å². The van der Waals surface area contributed by atoms with Crippen LogP contribution in [0.5, 0.6) is 0 Å². The van der Waals surface area contributed by atoms with Gasteiger partial charge in [0.05, 0.1) is 23.1 Å². The van der Waals surface area contributed by atoms with Gasteiger partial charge in [0.1, 0.15) is 0 Å². The van der Waals surface area contributed by atoms with Crippen molar-refractivity contribution in [2.75, 3.05) is 13.7 Å². The zero-order valence-corrected chi connectivity index (χ0v) is 17.8. The number of methoxy groups -OCH3 is 1. The number of benzene rings is 2. The Morgan fingerprint density at radius 3 is 2.55 bits per heavy atom. The van der Waals surface area contributed by atoms with Crippen molar-refractivity contribution in [3.63, 3.8) is 0 Å². The Hall–Kier alpha value is -1.81. The second-order valence-corrected chi connectivity index (χ2v) is 9.15. The Labute approximate surface area is 181 Å². The van der Waals surface area contributed by atoms with Gasteiger partial charge in [0, 0.05) is 18.6 Å². The maximum Gasteiger partial charge on any atom is 0.310 e. The molecule has 4 heterocycles. The van der Waals surface area contributed by atoms with Gasteiger partial charge in [-0.1, -0.05) is 65.2 Å². The second kappa shape index (κ2) is 7.46. The number of carbonyl (C=O) groups is 1. The van der Waals surface area contributed by atoms with Gasteiger partial charge in [0.15, 0.2) is 0 Å². The first-order valence-electron chi connectivity index (χ1n) is 10.1. The number of piperidine rings is 3. The van der Waals surface area contributed by atoms with E-state index in [4.69, 9.17) is 27.9 Å². The summed E-state index contributed by atoms with van der Waals surface area (Å²) in [5.74, 6) is 0.236. The van der Waals surface area contributed by atoms with E-state index in [1.807, 2.05) is 18.2 Å². The summed E-state index contributed by atoms with van der Waals surface area (Å²) in [5.41, 5.74) is 4.67.